The largest absolute Gasteiger partial charge is 0.461 e. The number of H-pyrrole nitrogens is 1. The molecular weight excluding hydrogens is 700 g/mol. The molecule has 288 valence electrons. The lowest BCUT2D eigenvalue weighted by molar-refractivity contribution is -0.198. The molecule has 53 heavy (non-hydrogen) atoms. The number of rotatable bonds is 24. The number of ether oxygens (including phenoxy) is 5. The van der Waals surface area contributed by atoms with Gasteiger partial charge in [-0.3, -0.25) is 23.7 Å². The van der Waals surface area contributed by atoms with E-state index in [1.165, 1.54) is 4.57 Å². The first kappa shape index (κ1) is 40.3. The summed E-state index contributed by atoms with van der Waals surface area (Å²) in [7, 11) is 1.54. The fourth-order valence-corrected chi connectivity index (χ4v) is 4.77. The molecule has 20 nitrogen and oxygen atoms in total. The van der Waals surface area contributed by atoms with Crippen molar-refractivity contribution in [3.8, 4) is 6.01 Å². The zero-order chi connectivity index (χ0) is 38.0. The number of methoxy groups -OCH3 is 1. The second kappa shape index (κ2) is 21.2. The molecule has 0 saturated carbocycles. The Morgan fingerprint density at radius 1 is 0.792 bits per heavy atom. The number of nitrogens with zero attached hydrogens (tertiary/aromatic N) is 4. The molecule has 0 unspecified atom stereocenters. The van der Waals surface area contributed by atoms with Crippen LogP contribution in [-0.2, 0) is 60.8 Å². The Morgan fingerprint density at radius 3 is 2.09 bits per heavy atom. The molecule has 3 heterocycles. The number of fused-ring (bicyclic) bond motifs is 1. The quantitative estimate of drug-likeness (QED) is 0.0656. The van der Waals surface area contributed by atoms with E-state index in [1.807, 2.05) is 24.3 Å². The van der Waals surface area contributed by atoms with Crippen LogP contribution in [0.2, 0.25) is 0 Å². The van der Waals surface area contributed by atoms with Crippen LogP contribution in [0.4, 0.5) is 5.82 Å². The standard InChI is InChI=1S/C33H44N8O12/c1-48-14-19-52-32-38-30(34)29-31(39-32)40(33(47)37-29)21-23-4-2-22(3-5-23)20-36-25(43)7-6-24(42)35-11-13-50-16-18-51-17-15-49-12-10-28(46)53-41-26(44)8-9-27(41)45/h2-5H,6-21H2,1H3,(H,35,42)(H,36,43)(H,37,47)(H2,34,38,39). The van der Waals surface area contributed by atoms with Gasteiger partial charge in [-0.2, -0.15) is 9.97 Å². The number of anilines is 1. The van der Waals surface area contributed by atoms with E-state index in [9.17, 15) is 28.8 Å². The highest BCUT2D eigenvalue weighted by Gasteiger charge is 2.32. The van der Waals surface area contributed by atoms with E-state index in [2.05, 4.69) is 25.6 Å². The average Bonchev–Trinajstić information content (AvgIpc) is 3.63. The number of nitrogen functional groups attached to an aromatic ring is 1. The number of aromatic amines is 1. The van der Waals surface area contributed by atoms with Crippen LogP contribution in [0.15, 0.2) is 29.1 Å². The number of aromatic nitrogens is 4. The van der Waals surface area contributed by atoms with Crippen LogP contribution in [0.5, 0.6) is 6.01 Å². The molecule has 4 amide bonds. The Balaban J connectivity index is 1.01. The minimum Gasteiger partial charge on any atom is -0.461 e. The highest BCUT2D eigenvalue weighted by molar-refractivity contribution is 6.01. The molecule has 4 rings (SSSR count). The molecule has 20 heteroatoms. The van der Waals surface area contributed by atoms with Crippen molar-refractivity contribution in [3.63, 3.8) is 0 Å². The number of benzene rings is 1. The van der Waals surface area contributed by atoms with Gasteiger partial charge in [0.25, 0.3) is 11.8 Å². The third-order valence-electron chi connectivity index (χ3n) is 7.54. The number of hydrogen-bond donors (Lipinski definition) is 4. The van der Waals surface area contributed by atoms with Crippen molar-refractivity contribution in [1.82, 2.24) is 35.2 Å². The summed E-state index contributed by atoms with van der Waals surface area (Å²) in [6.07, 6.45) is -0.0105. The second-order valence-electron chi connectivity index (χ2n) is 11.5. The number of nitrogens with one attached hydrogen (secondary N) is 3. The van der Waals surface area contributed by atoms with E-state index >= 15 is 0 Å². The number of amides is 4. The summed E-state index contributed by atoms with van der Waals surface area (Å²) in [5, 5.41) is 5.98. The molecule has 0 spiro atoms. The van der Waals surface area contributed by atoms with Gasteiger partial charge >= 0.3 is 17.7 Å². The summed E-state index contributed by atoms with van der Waals surface area (Å²) in [5.41, 5.74) is 7.87. The maximum absolute atomic E-state index is 12.6. The Hall–Kier alpha value is -5.44. The predicted molar refractivity (Wildman–Crippen MR) is 184 cm³/mol. The van der Waals surface area contributed by atoms with Gasteiger partial charge < -0.3 is 49.9 Å². The van der Waals surface area contributed by atoms with E-state index in [0.29, 0.717) is 36.0 Å². The van der Waals surface area contributed by atoms with Gasteiger partial charge in [0, 0.05) is 45.9 Å². The summed E-state index contributed by atoms with van der Waals surface area (Å²) in [4.78, 5) is 87.4. The van der Waals surface area contributed by atoms with E-state index in [-0.39, 0.29) is 108 Å². The third-order valence-corrected chi connectivity index (χ3v) is 7.54. The van der Waals surface area contributed by atoms with Crippen molar-refractivity contribution in [2.24, 2.45) is 0 Å². The van der Waals surface area contributed by atoms with Crippen LogP contribution in [0.25, 0.3) is 11.2 Å². The van der Waals surface area contributed by atoms with Gasteiger partial charge in [-0.1, -0.05) is 24.3 Å². The maximum Gasteiger partial charge on any atom is 0.335 e. The first-order chi connectivity index (χ1) is 25.6. The zero-order valence-electron chi connectivity index (χ0n) is 29.4. The molecule has 1 aromatic carbocycles. The first-order valence-corrected chi connectivity index (χ1v) is 16.9. The molecule has 1 saturated heterocycles. The number of carbonyl (C=O) groups is 5. The molecular formula is C33H44N8O12. The molecule has 0 atom stereocenters. The fourth-order valence-electron chi connectivity index (χ4n) is 4.77. The number of hydroxylamine groups is 2. The van der Waals surface area contributed by atoms with Gasteiger partial charge in [-0.05, 0) is 11.1 Å². The van der Waals surface area contributed by atoms with Crippen LogP contribution in [-0.4, -0.2) is 121 Å². The van der Waals surface area contributed by atoms with Crippen LogP contribution >= 0.6 is 0 Å². The number of imide groups is 1. The van der Waals surface area contributed by atoms with E-state index in [0.717, 1.165) is 11.1 Å². The third kappa shape index (κ3) is 13.2. The van der Waals surface area contributed by atoms with E-state index in [4.69, 9.17) is 34.3 Å². The molecule has 0 radical (unpaired) electrons. The van der Waals surface area contributed by atoms with E-state index in [1.54, 1.807) is 7.11 Å². The molecule has 0 bridgehead atoms. The Morgan fingerprint density at radius 2 is 1.42 bits per heavy atom. The lowest BCUT2D eigenvalue weighted by Gasteiger charge is -2.12. The number of carbonyl (C=O) groups excluding carboxylic acids is 5. The van der Waals surface area contributed by atoms with Gasteiger partial charge in [0.2, 0.25) is 11.8 Å². The SMILES string of the molecule is COCCOc1nc(N)c2[nH]c(=O)n(Cc3ccc(CNC(=O)CCC(=O)NCCOCCOCCOCCC(=O)ON4C(=O)CCC4=O)cc3)c2n1. The molecule has 0 aliphatic carbocycles. The Labute approximate surface area is 303 Å². The fraction of sp³-hybridized carbons (Fsp3) is 0.515. The molecule has 2 aromatic heterocycles. The monoisotopic (exact) mass is 744 g/mol. The first-order valence-electron chi connectivity index (χ1n) is 16.9. The van der Waals surface area contributed by atoms with Crippen molar-refractivity contribution in [3.05, 3.63) is 45.9 Å². The molecule has 1 fully saturated rings. The normalized spacial score (nSPS) is 12.7. The van der Waals surface area contributed by atoms with Crippen LogP contribution < -0.4 is 26.8 Å². The van der Waals surface area contributed by atoms with Gasteiger partial charge in [-0.15, -0.1) is 5.06 Å². The van der Waals surface area contributed by atoms with Crippen molar-refractivity contribution in [1.29, 1.82) is 0 Å². The summed E-state index contributed by atoms with van der Waals surface area (Å²) >= 11 is 0. The average molecular weight is 745 g/mol. The lowest BCUT2D eigenvalue weighted by atomic mass is 10.1. The molecule has 1 aliphatic heterocycles. The number of nitrogens with two attached hydrogens (primary N) is 1. The van der Waals surface area contributed by atoms with Gasteiger partial charge in [0.15, 0.2) is 11.5 Å². The van der Waals surface area contributed by atoms with Crippen molar-refractivity contribution in [2.75, 3.05) is 72.2 Å². The van der Waals surface area contributed by atoms with Crippen LogP contribution in [0, 0.1) is 0 Å². The highest BCUT2D eigenvalue weighted by Crippen LogP contribution is 2.19. The smallest absolute Gasteiger partial charge is 0.335 e. The summed E-state index contributed by atoms with van der Waals surface area (Å²) < 4.78 is 27.9. The Kier molecular flexibility index (Phi) is 16.1. The van der Waals surface area contributed by atoms with Crippen LogP contribution in [0.3, 0.4) is 0 Å². The number of imidazole rings is 1. The second-order valence-corrected chi connectivity index (χ2v) is 11.5. The van der Waals surface area contributed by atoms with Crippen molar-refractivity contribution in [2.45, 2.75) is 45.2 Å². The maximum atomic E-state index is 12.6. The van der Waals surface area contributed by atoms with E-state index < -0.39 is 23.5 Å². The number of hydrogen-bond acceptors (Lipinski definition) is 15. The van der Waals surface area contributed by atoms with Crippen molar-refractivity contribution >= 4 is 46.6 Å². The Bertz CT molecular complexity index is 1740. The van der Waals surface area contributed by atoms with Gasteiger partial charge in [0.05, 0.1) is 59.2 Å². The molecule has 1 aliphatic rings. The summed E-state index contributed by atoms with van der Waals surface area (Å²) in [6, 6.07) is 7.37. The predicted octanol–water partition coefficient (Wildman–Crippen LogP) is -0.665. The van der Waals surface area contributed by atoms with Crippen LogP contribution in [0.1, 0.15) is 43.2 Å². The van der Waals surface area contributed by atoms with Gasteiger partial charge in [0.1, 0.15) is 12.1 Å². The molecule has 5 N–H and O–H groups in total. The molecule has 3 aromatic rings. The minimum atomic E-state index is -0.735. The van der Waals surface area contributed by atoms with Crippen molar-refractivity contribution < 1.29 is 52.5 Å². The topological polar surface area (TPSA) is 258 Å². The minimum absolute atomic E-state index is 0.0191. The zero-order valence-corrected chi connectivity index (χ0v) is 29.4. The summed E-state index contributed by atoms with van der Waals surface area (Å²) in [6.45, 7) is 2.70. The highest BCUT2D eigenvalue weighted by atomic mass is 16.7. The summed E-state index contributed by atoms with van der Waals surface area (Å²) in [5.74, 6) is -2.27. The lowest BCUT2D eigenvalue weighted by Crippen LogP contribution is -2.32. The van der Waals surface area contributed by atoms with Gasteiger partial charge in [-0.25, -0.2) is 9.59 Å².